The Hall–Kier alpha value is -2.17. The van der Waals surface area contributed by atoms with Crippen molar-refractivity contribution in [1.29, 1.82) is 0 Å². The molecule has 1 heterocycles. The van der Waals surface area contributed by atoms with Crippen LogP contribution in [0.2, 0.25) is 0 Å². The lowest BCUT2D eigenvalue weighted by Crippen LogP contribution is -2.48. The largest absolute Gasteiger partial charge is 0.330 e. The van der Waals surface area contributed by atoms with Crippen LogP contribution in [0, 0.1) is 0 Å². The van der Waals surface area contributed by atoms with Crippen molar-refractivity contribution in [3.8, 4) is 0 Å². The van der Waals surface area contributed by atoms with Crippen LogP contribution in [-0.2, 0) is 24.7 Å². The van der Waals surface area contributed by atoms with E-state index in [-0.39, 0.29) is 18.6 Å². The second kappa shape index (κ2) is 6.30. The molecule has 0 aliphatic carbocycles. The van der Waals surface area contributed by atoms with Gasteiger partial charge >= 0.3 is 0 Å². The molecule has 0 fully saturated rings. The number of hydrogen-bond acceptors (Lipinski definition) is 2. The van der Waals surface area contributed by atoms with Crippen molar-refractivity contribution in [1.82, 2.24) is 4.90 Å². The number of nitrogens with two attached hydrogens (primary N) is 1. The van der Waals surface area contributed by atoms with Crippen LogP contribution in [0.3, 0.4) is 0 Å². The lowest BCUT2D eigenvalue weighted by Gasteiger charge is -2.36. The summed E-state index contributed by atoms with van der Waals surface area (Å²) in [6.45, 7) is 0.685. The quantitative estimate of drug-likeness (QED) is 0.942. The molecule has 0 aromatic heterocycles. The lowest BCUT2D eigenvalue weighted by atomic mass is 9.93. The van der Waals surface area contributed by atoms with Crippen molar-refractivity contribution in [3.05, 3.63) is 70.8 Å². The van der Waals surface area contributed by atoms with E-state index in [0.717, 1.165) is 6.42 Å². The summed E-state index contributed by atoms with van der Waals surface area (Å²) >= 11 is 0. The normalized spacial score (nSPS) is 17.2. The molecule has 2 aromatic carbocycles. The van der Waals surface area contributed by atoms with Gasteiger partial charge in [0.2, 0.25) is 0 Å². The minimum absolute atomic E-state index is 0.00157. The van der Waals surface area contributed by atoms with Gasteiger partial charge in [0.1, 0.15) is 6.61 Å². The fraction of sp³-hybridized carbons (Fsp3) is 0.278. The highest BCUT2D eigenvalue weighted by Crippen LogP contribution is 2.24. The van der Waals surface area contributed by atoms with Crippen LogP contribution in [-0.4, -0.2) is 23.4 Å². The molecule has 0 unspecified atom stereocenters. The van der Waals surface area contributed by atoms with Crippen molar-refractivity contribution in [2.75, 3.05) is 6.54 Å². The molecule has 4 nitrogen and oxygen atoms in total. The van der Waals surface area contributed by atoms with Gasteiger partial charge in [-0.15, -0.1) is 0 Å². The van der Waals surface area contributed by atoms with Gasteiger partial charge in [-0.3, -0.25) is 4.79 Å². The number of carbonyl (C=O) groups is 1. The summed E-state index contributed by atoms with van der Waals surface area (Å²) in [5.41, 5.74) is 9.50. The summed E-state index contributed by atoms with van der Waals surface area (Å²) in [7, 11) is 0. The van der Waals surface area contributed by atoms with E-state index in [1.165, 1.54) is 11.1 Å². The standard InChI is InChI=1S/C18H19N2O2/c19-10-17-9-14-5-1-2-6-16(14)11-20(17)18(22)15-7-3-4-13(8-15)12-21/h1-8,17H,9-12,19H2/t17-/m0/s1. The molecule has 1 amide bonds. The van der Waals surface area contributed by atoms with Crippen LogP contribution in [0.1, 0.15) is 27.0 Å². The molecule has 113 valence electrons. The van der Waals surface area contributed by atoms with Gasteiger partial charge in [0.15, 0.2) is 0 Å². The van der Waals surface area contributed by atoms with Crippen LogP contribution in [0.5, 0.6) is 0 Å². The second-order valence-corrected chi connectivity index (χ2v) is 5.64. The molecule has 1 radical (unpaired) electrons. The fourth-order valence-corrected chi connectivity index (χ4v) is 3.00. The first-order valence-corrected chi connectivity index (χ1v) is 7.47. The Kier molecular flexibility index (Phi) is 4.22. The molecule has 1 atom stereocenters. The van der Waals surface area contributed by atoms with Crippen LogP contribution in [0.25, 0.3) is 0 Å². The van der Waals surface area contributed by atoms with Gasteiger partial charge in [-0.2, -0.15) is 0 Å². The molecular formula is C18H19N2O2. The first-order chi connectivity index (χ1) is 10.7. The van der Waals surface area contributed by atoms with Crippen molar-refractivity contribution in [2.45, 2.75) is 25.6 Å². The molecule has 0 spiro atoms. The van der Waals surface area contributed by atoms with E-state index in [1.807, 2.05) is 17.0 Å². The average Bonchev–Trinajstić information content (AvgIpc) is 2.59. The summed E-state index contributed by atoms with van der Waals surface area (Å²) in [5, 5.41) is 11.0. The Morgan fingerprint density at radius 1 is 1.14 bits per heavy atom. The maximum atomic E-state index is 12.8. The van der Waals surface area contributed by atoms with Gasteiger partial charge in [-0.25, -0.2) is 5.11 Å². The maximum absolute atomic E-state index is 12.8. The third-order valence-electron chi connectivity index (χ3n) is 4.23. The molecule has 22 heavy (non-hydrogen) atoms. The smallest absolute Gasteiger partial charge is 0.254 e. The van der Waals surface area contributed by atoms with Gasteiger partial charge in [-0.1, -0.05) is 36.4 Å². The van der Waals surface area contributed by atoms with Crippen LogP contribution < -0.4 is 5.73 Å². The summed E-state index contributed by atoms with van der Waals surface area (Å²) in [5.74, 6) is -0.0553. The molecule has 0 saturated carbocycles. The average molecular weight is 295 g/mol. The molecule has 1 aliphatic rings. The van der Waals surface area contributed by atoms with E-state index >= 15 is 0 Å². The fourth-order valence-electron chi connectivity index (χ4n) is 3.00. The monoisotopic (exact) mass is 295 g/mol. The summed E-state index contributed by atoms with van der Waals surface area (Å²) < 4.78 is 0. The highest BCUT2D eigenvalue weighted by atomic mass is 16.3. The minimum atomic E-state index is -0.315. The van der Waals surface area contributed by atoms with E-state index in [9.17, 15) is 9.90 Å². The highest BCUT2D eigenvalue weighted by molar-refractivity contribution is 5.94. The number of amides is 1. The van der Waals surface area contributed by atoms with Gasteiger partial charge in [0.25, 0.3) is 5.91 Å². The first-order valence-electron chi connectivity index (χ1n) is 7.47. The number of hydrogen-bond donors (Lipinski definition) is 1. The van der Waals surface area contributed by atoms with E-state index in [0.29, 0.717) is 24.2 Å². The van der Waals surface area contributed by atoms with Crippen LogP contribution in [0.15, 0.2) is 48.5 Å². The summed E-state index contributed by atoms with van der Waals surface area (Å²) in [4.78, 5) is 14.6. The molecule has 0 saturated heterocycles. The van der Waals surface area contributed by atoms with Crippen molar-refractivity contribution in [3.63, 3.8) is 0 Å². The number of benzene rings is 2. The van der Waals surface area contributed by atoms with Crippen LogP contribution >= 0.6 is 0 Å². The first kappa shape index (κ1) is 14.8. The number of nitrogens with zero attached hydrogens (tertiary/aromatic N) is 1. The Labute approximate surface area is 130 Å². The zero-order chi connectivity index (χ0) is 15.5. The summed E-state index contributed by atoms with van der Waals surface area (Å²) in [6.07, 6.45) is 0.777. The Bertz CT molecular complexity index is 684. The molecule has 2 aromatic rings. The molecule has 4 heteroatoms. The SMILES string of the molecule is NC[C@@H]1Cc2ccccc2CN1C(=O)c1cccc(C[O])c1. The van der Waals surface area contributed by atoms with Crippen molar-refractivity contribution >= 4 is 5.91 Å². The molecule has 2 N–H and O–H groups in total. The number of carbonyl (C=O) groups excluding carboxylic acids is 1. The van der Waals surface area contributed by atoms with Crippen LogP contribution in [0.4, 0.5) is 0 Å². The second-order valence-electron chi connectivity index (χ2n) is 5.64. The minimum Gasteiger partial charge on any atom is -0.330 e. The van der Waals surface area contributed by atoms with Gasteiger partial charge < -0.3 is 10.6 Å². The predicted molar refractivity (Wildman–Crippen MR) is 83.7 cm³/mol. The topological polar surface area (TPSA) is 66.2 Å². The summed E-state index contributed by atoms with van der Waals surface area (Å²) in [6, 6.07) is 15.1. The molecular weight excluding hydrogens is 276 g/mol. The third kappa shape index (κ3) is 2.75. The van der Waals surface area contributed by atoms with E-state index in [2.05, 4.69) is 12.1 Å². The lowest BCUT2D eigenvalue weighted by molar-refractivity contribution is 0.0647. The van der Waals surface area contributed by atoms with Gasteiger partial charge in [0.05, 0.1) is 0 Å². The van der Waals surface area contributed by atoms with E-state index in [4.69, 9.17) is 5.73 Å². The van der Waals surface area contributed by atoms with Crippen molar-refractivity contribution < 1.29 is 9.90 Å². The highest BCUT2D eigenvalue weighted by Gasteiger charge is 2.29. The Morgan fingerprint density at radius 3 is 2.64 bits per heavy atom. The van der Waals surface area contributed by atoms with Gasteiger partial charge in [-0.05, 0) is 35.2 Å². The molecule has 1 aliphatic heterocycles. The predicted octanol–water partition coefficient (Wildman–Crippen LogP) is 2.14. The zero-order valence-electron chi connectivity index (χ0n) is 12.4. The van der Waals surface area contributed by atoms with E-state index < -0.39 is 0 Å². The molecule has 3 rings (SSSR count). The van der Waals surface area contributed by atoms with Gasteiger partial charge in [0, 0.05) is 24.7 Å². The number of fused-ring (bicyclic) bond motifs is 1. The van der Waals surface area contributed by atoms with E-state index in [1.54, 1.807) is 24.3 Å². The molecule has 0 bridgehead atoms. The Balaban J connectivity index is 1.90. The third-order valence-corrected chi connectivity index (χ3v) is 4.23. The number of rotatable bonds is 3. The van der Waals surface area contributed by atoms with Crippen molar-refractivity contribution in [2.24, 2.45) is 5.73 Å². The maximum Gasteiger partial charge on any atom is 0.254 e. The zero-order valence-corrected chi connectivity index (χ0v) is 12.4. The Morgan fingerprint density at radius 2 is 1.91 bits per heavy atom.